The number of benzene rings is 1. The van der Waals surface area contributed by atoms with Crippen molar-refractivity contribution in [1.82, 2.24) is 20.2 Å². The second kappa shape index (κ2) is 5.93. The van der Waals surface area contributed by atoms with E-state index in [1.807, 2.05) is 24.3 Å². The Hall–Kier alpha value is -1.76. The zero-order valence-corrected chi connectivity index (χ0v) is 13.1. The summed E-state index contributed by atoms with van der Waals surface area (Å²) in [6, 6.07) is 7.55. The summed E-state index contributed by atoms with van der Waals surface area (Å²) in [5, 5.41) is 14.3. The monoisotopic (exact) mass is 349 g/mol. The largest absolute Gasteiger partial charge is 0.324 e. The number of tetrazole rings is 1. The van der Waals surface area contributed by atoms with Gasteiger partial charge >= 0.3 is 0 Å². The van der Waals surface area contributed by atoms with Gasteiger partial charge in [-0.25, -0.2) is 4.68 Å². The Kier molecular flexibility index (Phi) is 4.01. The van der Waals surface area contributed by atoms with E-state index in [0.717, 1.165) is 42.3 Å². The van der Waals surface area contributed by atoms with Crippen molar-refractivity contribution in [2.24, 2.45) is 0 Å². The molecule has 0 aliphatic heterocycles. The molecule has 3 rings (SSSR count). The van der Waals surface area contributed by atoms with E-state index < -0.39 is 5.54 Å². The maximum Gasteiger partial charge on any atom is 0.252 e. The number of nitrogens with one attached hydrogen (secondary N) is 1. The molecule has 0 bridgehead atoms. The lowest BCUT2D eigenvalue weighted by molar-refractivity contribution is -0.126. The highest BCUT2D eigenvalue weighted by Crippen LogP contribution is 2.35. The molecular formula is C14H16BrN5O. The van der Waals surface area contributed by atoms with E-state index in [1.54, 1.807) is 4.68 Å². The minimum atomic E-state index is -0.672. The first-order chi connectivity index (χ1) is 10.2. The fourth-order valence-electron chi connectivity index (χ4n) is 2.83. The summed E-state index contributed by atoms with van der Waals surface area (Å²) in [7, 11) is 0. The number of amides is 1. The third kappa shape index (κ3) is 2.83. The Labute approximate surface area is 131 Å². The van der Waals surface area contributed by atoms with Crippen LogP contribution in [-0.4, -0.2) is 26.1 Å². The van der Waals surface area contributed by atoms with Crippen LogP contribution in [0.1, 0.15) is 32.1 Å². The maximum absolute atomic E-state index is 12.8. The summed E-state index contributed by atoms with van der Waals surface area (Å²) >= 11 is 3.39. The first-order valence-corrected chi connectivity index (χ1v) is 7.80. The summed E-state index contributed by atoms with van der Waals surface area (Å²) in [5.41, 5.74) is 0.107. The van der Waals surface area contributed by atoms with Gasteiger partial charge < -0.3 is 5.32 Å². The Morgan fingerprint density at radius 1 is 1.19 bits per heavy atom. The summed E-state index contributed by atoms with van der Waals surface area (Å²) in [5.74, 6) is -0.0446. The molecule has 1 aromatic heterocycles. The predicted molar refractivity (Wildman–Crippen MR) is 81.6 cm³/mol. The number of rotatable bonds is 3. The van der Waals surface area contributed by atoms with Gasteiger partial charge in [-0.15, -0.1) is 5.10 Å². The Balaban J connectivity index is 1.86. The Bertz CT molecular complexity index is 605. The number of carbonyl (C=O) groups excluding carboxylic acids is 1. The average molecular weight is 350 g/mol. The number of hydrogen-bond donors (Lipinski definition) is 1. The SMILES string of the molecule is O=C(Nc1ccc(Br)cc1)C1(n2cnnn2)CCCCC1. The summed E-state index contributed by atoms with van der Waals surface area (Å²) in [6.45, 7) is 0. The maximum atomic E-state index is 12.8. The molecule has 0 unspecified atom stereocenters. The first kappa shape index (κ1) is 14.2. The van der Waals surface area contributed by atoms with E-state index in [2.05, 4.69) is 36.8 Å². The molecule has 1 aliphatic rings. The molecule has 1 amide bonds. The van der Waals surface area contributed by atoms with Crippen LogP contribution in [-0.2, 0) is 10.3 Å². The van der Waals surface area contributed by atoms with Crippen LogP contribution >= 0.6 is 15.9 Å². The van der Waals surface area contributed by atoms with Crippen molar-refractivity contribution >= 4 is 27.5 Å². The van der Waals surface area contributed by atoms with E-state index >= 15 is 0 Å². The fourth-order valence-corrected chi connectivity index (χ4v) is 3.10. The molecule has 0 atom stereocenters. The lowest BCUT2D eigenvalue weighted by Gasteiger charge is -2.35. The number of carbonyl (C=O) groups is 1. The second-order valence-corrected chi connectivity index (χ2v) is 6.22. The highest BCUT2D eigenvalue weighted by Gasteiger charge is 2.42. The van der Waals surface area contributed by atoms with Crippen molar-refractivity contribution in [3.05, 3.63) is 35.1 Å². The van der Waals surface area contributed by atoms with Gasteiger partial charge in [-0.3, -0.25) is 4.79 Å². The van der Waals surface area contributed by atoms with Crippen LogP contribution in [0, 0.1) is 0 Å². The fraction of sp³-hybridized carbons (Fsp3) is 0.429. The van der Waals surface area contributed by atoms with Gasteiger partial charge in [0.25, 0.3) is 5.91 Å². The van der Waals surface area contributed by atoms with Gasteiger partial charge in [0.2, 0.25) is 0 Å². The van der Waals surface area contributed by atoms with Crippen molar-refractivity contribution in [2.45, 2.75) is 37.6 Å². The van der Waals surface area contributed by atoms with Crippen LogP contribution in [0.15, 0.2) is 35.1 Å². The third-order valence-electron chi connectivity index (χ3n) is 3.99. The standard InChI is InChI=1S/C14H16BrN5O/c15-11-4-6-12(7-5-11)17-13(21)14(8-2-1-3-9-14)20-10-16-18-19-20/h4-7,10H,1-3,8-9H2,(H,17,21). The van der Waals surface area contributed by atoms with Gasteiger partial charge in [0, 0.05) is 10.2 Å². The van der Waals surface area contributed by atoms with E-state index in [0.29, 0.717) is 0 Å². The number of halogens is 1. The molecule has 6 nitrogen and oxygen atoms in total. The molecule has 21 heavy (non-hydrogen) atoms. The van der Waals surface area contributed by atoms with Crippen LogP contribution < -0.4 is 5.32 Å². The van der Waals surface area contributed by atoms with Crippen LogP contribution in [0.5, 0.6) is 0 Å². The van der Waals surface area contributed by atoms with Crippen molar-refractivity contribution in [3.63, 3.8) is 0 Å². The lowest BCUT2D eigenvalue weighted by atomic mass is 9.81. The zero-order chi connectivity index (χ0) is 14.7. The molecule has 1 N–H and O–H groups in total. The molecule has 1 heterocycles. The van der Waals surface area contributed by atoms with Gasteiger partial charge in [0.15, 0.2) is 0 Å². The normalized spacial score (nSPS) is 17.4. The molecule has 7 heteroatoms. The highest BCUT2D eigenvalue weighted by molar-refractivity contribution is 9.10. The van der Waals surface area contributed by atoms with Gasteiger partial charge in [0.1, 0.15) is 11.9 Å². The predicted octanol–water partition coefficient (Wildman–Crippen LogP) is 2.73. The van der Waals surface area contributed by atoms with Crippen molar-refractivity contribution in [2.75, 3.05) is 5.32 Å². The molecule has 1 aromatic carbocycles. The van der Waals surface area contributed by atoms with E-state index in [4.69, 9.17) is 0 Å². The summed E-state index contributed by atoms with van der Waals surface area (Å²) in [4.78, 5) is 12.8. The highest BCUT2D eigenvalue weighted by atomic mass is 79.9. The Morgan fingerprint density at radius 2 is 1.90 bits per heavy atom. The van der Waals surface area contributed by atoms with E-state index in [-0.39, 0.29) is 5.91 Å². The van der Waals surface area contributed by atoms with Crippen molar-refractivity contribution in [1.29, 1.82) is 0 Å². The molecular weight excluding hydrogens is 334 g/mol. The van der Waals surface area contributed by atoms with Crippen molar-refractivity contribution in [3.8, 4) is 0 Å². The third-order valence-corrected chi connectivity index (χ3v) is 4.52. The van der Waals surface area contributed by atoms with Gasteiger partial charge in [-0.05, 0) is 47.5 Å². The number of nitrogens with zero attached hydrogens (tertiary/aromatic N) is 4. The molecule has 2 aromatic rings. The quantitative estimate of drug-likeness (QED) is 0.924. The number of aromatic nitrogens is 4. The van der Waals surface area contributed by atoms with E-state index in [9.17, 15) is 4.79 Å². The summed E-state index contributed by atoms with van der Waals surface area (Å²) < 4.78 is 2.59. The molecule has 110 valence electrons. The van der Waals surface area contributed by atoms with Crippen LogP contribution in [0.25, 0.3) is 0 Å². The first-order valence-electron chi connectivity index (χ1n) is 7.01. The topological polar surface area (TPSA) is 72.7 Å². The molecule has 1 fully saturated rings. The molecule has 1 saturated carbocycles. The molecule has 1 aliphatic carbocycles. The second-order valence-electron chi connectivity index (χ2n) is 5.31. The van der Waals surface area contributed by atoms with E-state index in [1.165, 1.54) is 6.33 Å². The molecule has 0 spiro atoms. The molecule has 0 saturated heterocycles. The van der Waals surface area contributed by atoms with Gasteiger partial charge in [0.05, 0.1) is 0 Å². The summed E-state index contributed by atoms with van der Waals surface area (Å²) in [6.07, 6.45) is 6.23. The van der Waals surface area contributed by atoms with Crippen LogP contribution in [0.4, 0.5) is 5.69 Å². The number of hydrogen-bond acceptors (Lipinski definition) is 4. The van der Waals surface area contributed by atoms with Gasteiger partial charge in [-0.1, -0.05) is 35.2 Å². The van der Waals surface area contributed by atoms with Crippen LogP contribution in [0.3, 0.4) is 0 Å². The minimum Gasteiger partial charge on any atom is -0.324 e. The van der Waals surface area contributed by atoms with Crippen molar-refractivity contribution < 1.29 is 4.79 Å². The minimum absolute atomic E-state index is 0.0446. The van der Waals surface area contributed by atoms with Gasteiger partial charge in [-0.2, -0.15) is 0 Å². The molecule has 0 radical (unpaired) electrons. The number of anilines is 1. The lowest BCUT2D eigenvalue weighted by Crippen LogP contribution is -2.47. The van der Waals surface area contributed by atoms with Crippen LogP contribution in [0.2, 0.25) is 0 Å². The smallest absolute Gasteiger partial charge is 0.252 e. The average Bonchev–Trinajstić information content (AvgIpc) is 3.05. The zero-order valence-electron chi connectivity index (χ0n) is 11.5. The Morgan fingerprint density at radius 3 is 2.52 bits per heavy atom.